The lowest BCUT2D eigenvalue weighted by Crippen LogP contribution is -2.46. The fourth-order valence-electron chi connectivity index (χ4n) is 3.10. The highest BCUT2D eigenvalue weighted by molar-refractivity contribution is 7.09. The van der Waals surface area contributed by atoms with E-state index in [2.05, 4.69) is 48.3 Å². The molecule has 1 aromatic rings. The van der Waals surface area contributed by atoms with Gasteiger partial charge in [0, 0.05) is 30.2 Å². The Kier molecular flexibility index (Phi) is 4.98. The molecule has 4 heteroatoms. The van der Waals surface area contributed by atoms with Crippen molar-refractivity contribution in [2.45, 2.75) is 64.6 Å². The molecule has 0 bridgehead atoms. The summed E-state index contributed by atoms with van der Waals surface area (Å²) in [6, 6.07) is 1.14. The summed E-state index contributed by atoms with van der Waals surface area (Å²) in [6.07, 6.45) is 5.55. The van der Waals surface area contributed by atoms with Crippen molar-refractivity contribution in [1.82, 2.24) is 15.2 Å². The largest absolute Gasteiger partial charge is 0.303 e. The van der Waals surface area contributed by atoms with Crippen LogP contribution in [-0.4, -0.2) is 35.1 Å². The fourth-order valence-corrected chi connectivity index (χ4v) is 3.96. The van der Waals surface area contributed by atoms with Crippen LogP contribution in [0.4, 0.5) is 0 Å². The maximum Gasteiger partial charge on any atom is 0.113 e. The van der Waals surface area contributed by atoms with Crippen LogP contribution >= 0.6 is 11.3 Å². The van der Waals surface area contributed by atoms with E-state index in [0.717, 1.165) is 13.0 Å². The van der Waals surface area contributed by atoms with Crippen molar-refractivity contribution < 1.29 is 0 Å². The summed E-state index contributed by atoms with van der Waals surface area (Å²) in [6.45, 7) is 11.4. The van der Waals surface area contributed by atoms with E-state index in [1.54, 1.807) is 11.3 Å². The minimum atomic E-state index is 0.0893. The second-order valence-corrected chi connectivity index (χ2v) is 7.10. The van der Waals surface area contributed by atoms with Gasteiger partial charge in [0.1, 0.15) is 5.01 Å². The van der Waals surface area contributed by atoms with Crippen molar-refractivity contribution >= 4 is 11.3 Å². The number of nitrogens with zero attached hydrogens (tertiary/aromatic N) is 2. The normalized spacial score (nSPS) is 26.0. The summed E-state index contributed by atoms with van der Waals surface area (Å²) >= 11 is 1.80. The average molecular weight is 281 g/mol. The van der Waals surface area contributed by atoms with Gasteiger partial charge in [-0.05, 0) is 53.5 Å². The molecule has 1 saturated heterocycles. The van der Waals surface area contributed by atoms with Crippen LogP contribution < -0.4 is 5.32 Å². The molecule has 1 fully saturated rings. The number of thiazole rings is 1. The molecule has 0 radical (unpaired) electrons. The van der Waals surface area contributed by atoms with Gasteiger partial charge in [0.15, 0.2) is 0 Å². The number of aromatic nitrogens is 1. The van der Waals surface area contributed by atoms with Crippen LogP contribution in [-0.2, 0) is 5.54 Å². The van der Waals surface area contributed by atoms with E-state index in [1.807, 2.05) is 6.20 Å². The first-order chi connectivity index (χ1) is 9.03. The Bertz CT molecular complexity index is 375. The summed E-state index contributed by atoms with van der Waals surface area (Å²) in [5.41, 5.74) is 0.0893. The quantitative estimate of drug-likeness (QED) is 0.918. The Hall–Kier alpha value is -0.450. The summed E-state index contributed by atoms with van der Waals surface area (Å²) in [4.78, 5) is 7.21. The van der Waals surface area contributed by atoms with Crippen LogP contribution in [0.1, 0.15) is 52.0 Å². The molecule has 0 spiro atoms. The van der Waals surface area contributed by atoms with E-state index in [4.69, 9.17) is 0 Å². The maximum atomic E-state index is 4.61. The summed E-state index contributed by atoms with van der Waals surface area (Å²) in [7, 11) is 0. The van der Waals surface area contributed by atoms with Crippen molar-refractivity contribution in [2.24, 2.45) is 0 Å². The molecule has 0 amide bonds. The third-order valence-corrected chi connectivity index (χ3v) is 4.99. The molecule has 2 rings (SSSR count). The minimum absolute atomic E-state index is 0.0893. The highest BCUT2D eigenvalue weighted by Crippen LogP contribution is 2.35. The molecule has 1 atom stereocenters. The number of nitrogens with one attached hydrogen (secondary N) is 1. The van der Waals surface area contributed by atoms with Crippen LogP contribution in [0.5, 0.6) is 0 Å². The zero-order valence-electron chi connectivity index (χ0n) is 12.6. The molecule has 0 saturated carbocycles. The van der Waals surface area contributed by atoms with Gasteiger partial charge in [-0.2, -0.15) is 0 Å². The molecule has 0 aromatic carbocycles. The lowest BCUT2D eigenvalue weighted by atomic mass is 9.90. The first-order valence-corrected chi connectivity index (χ1v) is 8.33. The number of hydrogen-bond acceptors (Lipinski definition) is 4. The molecule has 0 aliphatic carbocycles. The zero-order chi connectivity index (χ0) is 13.9. The van der Waals surface area contributed by atoms with Gasteiger partial charge in [0.05, 0.1) is 5.54 Å². The maximum absolute atomic E-state index is 4.61. The Morgan fingerprint density at radius 2 is 2.05 bits per heavy atom. The topological polar surface area (TPSA) is 28.2 Å². The summed E-state index contributed by atoms with van der Waals surface area (Å²) in [5.74, 6) is 0. The van der Waals surface area contributed by atoms with E-state index < -0.39 is 0 Å². The Morgan fingerprint density at radius 1 is 1.26 bits per heavy atom. The van der Waals surface area contributed by atoms with Crippen LogP contribution in [0.2, 0.25) is 0 Å². The first-order valence-electron chi connectivity index (χ1n) is 7.45. The van der Waals surface area contributed by atoms with Crippen molar-refractivity contribution in [2.75, 3.05) is 13.1 Å². The summed E-state index contributed by atoms with van der Waals surface area (Å²) in [5, 5.41) is 7.19. The minimum Gasteiger partial charge on any atom is -0.303 e. The smallest absolute Gasteiger partial charge is 0.113 e. The lowest BCUT2D eigenvalue weighted by Gasteiger charge is -2.34. The number of rotatable bonds is 4. The third-order valence-electron chi connectivity index (χ3n) is 4.01. The third kappa shape index (κ3) is 3.56. The first kappa shape index (κ1) is 14.9. The van der Waals surface area contributed by atoms with Gasteiger partial charge in [-0.25, -0.2) is 4.98 Å². The number of likely N-dealkylation sites (tertiary alicyclic amines) is 1. The van der Waals surface area contributed by atoms with E-state index in [-0.39, 0.29) is 5.54 Å². The molecule has 1 aliphatic heterocycles. The summed E-state index contributed by atoms with van der Waals surface area (Å²) < 4.78 is 0. The van der Waals surface area contributed by atoms with E-state index in [0.29, 0.717) is 12.1 Å². The highest BCUT2D eigenvalue weighted by Gasteiger charge is 2.37. The molecule has 1 unspecified atom stereocenters. The Labute approximate surface area is 121 Å². The second kappa shape index (κ2) is 6.33. The van der Waals surface area contributed by atoms with Crippen molar-refractivity contribution in [3.8, 4) is 0 Å². The molecular weight excluding hydrogens is 254 g/mol. The zero-order valence-corrected chi connectivity index (χ0v) is 13.5. The van der Waals surface area contributed by atoms with Gasteiger partial charge >= 0.3 is 0 Å². The molecule has 2 heterocycles. The lowest BCUT2D eigenvalue weighted by molar-refractivity contribution is 0.213. The van der Waals surface area contributed by atoms with Crippen LogP contribution in [0.15, 0.2) is 11.6 Å². The number of hydrogen-bond donors (Lipinski definition) is 1. The second-order valence-electron chi connectivity index (χ2n) is 6.20. The van der Waals surface area contributed by atoms with Gasteiger partial charge in [-0.15, -0.1) is 11.3 Å². The molecule has 1 aliphatic rings. The van der Waals surface area contributed by atoms with Gasteiger partial charge in [-0.3, -0.25) is 0 Å². The van der Waals surface area contributed by atoms with Crippen LogP contribution in [0.25, 0.3) is 0 Å². The highest BCUT2D eigenvalue weighted by atomic mass is 32.1. The molecule has 1 aromatic heterocycles. The van der Waals surface area contributed by atoms with Gasteiger partial charge in [-0.1, -0.05) is 0 Å². The Morgan fingerprint density at radius 3 is 2.63 bits per heavy atom. The van der Waals surface area contributed by atoms with E-state index in [1.165, 1.54) is 24.4 Å². The van der Waals surface area contributed by atoms with Gasteiger partial charge < -0.3 is 10.2 Å². The van der Waals surface area contributed by atoms with Crippen LogP contribution in [0, 0.1) is 0 Å². The molecular formula is C15H27N3S. The predicted molar refractivity (Wildman–Crippen MR) is 82.6 cm³/mol. The SMILES string of the molecule is CC(C)NC1(c2nccs2)CCCN(C(C)C)CC1. The average Bonchev–Trinajstić information content (AvgIpc) is 2.78. The monoisotopic (exact) mass is 281 g/mol. The van der Waals surface area contributed by atoms with Crippen molar-refractivity contribution in [3.05, 3.63) is 16.6 Å². The predicted octanol–water partition coefficient (Wildman–Crippen LogP) is 3.23. The standard InChI is InChI=1S/C15H27N3S/c1-12(2)17-15(14-16-8-11-19-14)6-5-9-18(10-7-15)13(3)4/h8,11-13,17H,5-7,9-10H2,1-4H3. The van der Waals surface area contributed by atoms with Gasteiger partial charge in [0.2, 0.25) is 0 Å². The fraction of sp³-hybridized carbons (Fsp3) is 0.800. The molecule has 108 valence electrons. The van der Waals surface area contributed by atoms with Crippen molar-refractivity contribution in [1.29, 1.82) is 0 Å². The Balaban J connectivity index is 2.19. The van der Waals surface area contributed by atoms with Gasteiger partial charge in [0.25, 0.3) is 0 Å². The van der Waals surface area contributed by atoms with Crippen molar-refractivity contribution in [3.63, 3.8) is 0 Å². The van der Waals surface area contributed by atoms with E-state index >= 15 is 0 Å². The molecule has 19 heavy (non-hydrogen) atoms. The molecule has 3 nitrogen and oxygen atoms in total. The van der Waals surface area contributed by atoms with E-state index in [9.17, 15) is 0 Å². The molecule has 1 N–H and O–H groups in total. The van der Waals surface area contributed by atoms with Crippen LogP contribution in [0.3, 0.4) is 0 Å².